The van der Waals surface area contributed by atoms with Crippen molar-refractivity contribution in [1.82, 2.24) is 9.29 Å². The molecule has 7 heteroatoms. The van der Waals surface area contributed by atoms with Gasteiger partial charge in [-0.2, -0.15) is 4.31 Å². The molecule has 0 aromatic carbocycles. The summed E-state index contributed by atoms with van der Waals surface area (Å²) in [6.45, 7) is 0.938. The van der Waals surface area contributed by atoms with E-state index >= 15 is 0 Å². The van der Waals surface area contributed by atoms with E-state index in [-0.39, 0.29) is 10.7 Å². The highest BCUT2D eigenvalue weighted by molar-refractivity contribution is 7.89. The molecule has 92 valence electrons. The van der Waals surface area contributed by atoms with E-state index in [2.05, 4.69) is 4.98 Å². The second-order valence-electron chi connectivity index (χ2n) is 3.92. The van der Waals surface area contributed by atoms with E-state index in [4.69, 9.17) is 18.0 Å². The monoisotopic (exact) mass is 271 g/mol. The smallest absolute Gasteiger partial charge is 0.214 e. The van der Waals surface area contributed by atoms with E-state index in [1.165, 1.54) is 4.31 Å². The van der Waals surface area contributed by atoms with Crippen LogP contribution in [0.5, 0.6) is 0 Å². The van der Waals surface area contributed by atoms with Crippen molar-refractivity contribution < 1.29 is 8.42 Å². The highest BCUT2D eigenvalue weighted by Crippen LogP contribution is 2.17. The number of nitrogens with two attached hydrogens (primary N) is 1. The number of hydrogen-bond donors (Lipinski definition) is 1. The number of nitrogens with zero attached hydrogens (tertiary/aromatic N) is 2. The van der Waals surface area contributed by atoms with Gasteiger partial charge in [-0.05, 0) is 24.1 Å². The Balaban J connectivity index is 2.19. The maximum Gasteiger partial charge on any atom is 0.214 e. The van der Waals surface area contributed by atoms with Gasteiger partial charge in [-0.3, -0.25) is 4.98 Å². The Morgan fingerprint density at radius 1 is 1.59 bits per heavy atom. The predicted molar refractivity (Wildman–Crippen MR) is 68.9 cm³/mol. The van der Waals surface area contributed by atoms with Crippen molar-refractivity contribution in [2.45, 2.75) is 13.0 Å². The standard InChI is InChI=1S/C10H13N3O2S2/c11-10(16)9-6-8(2-3-12-9)7-13-4-1-5-17(13,14)15/h2-3,6H,1,4-5,7H2,(H2,11,16). The Morgan fingerprint density at radius 2 is 2.35 bits per heavy atom. The minimum atomic E-state index is -3.07. The van der Waals surface area contributed by atoms with Crippen LogP contribution in [0, 0.1) is 0 Å². The molecule has 2 N–H and O–H groups in total. The zero-order valence-electron chi connectivity index (χ0n) is 9.17. The number of rotatable bonds is 3. The second-order valence-corrected chi connectivity index (χ2v) is 6.45. The summed E-state index contributed by atoms with van der Waals surface area (Å²) in [7, 11) is -3.07. The van der Waals surface area contributed by atoms with E-state index in [9.17, 15) is 8.42 Å². The van der Waals surface area contributed by atoms with Crippen LogP contribution < -0.4 is 5.73 Å². The SMILES string of the molecule is NC(=S)c1cc(CN2CCCS2(=O)=O)ccn1. The third-order valence-corrected chi connectivity index (χ3v) is 4.75. The summed E-state index contributed by atoms with van der Waals surface area (Å²) in [5.74, 6) is 0.236. The molecule has 0 atom stereocenters. The summed E-state index contributed by atoms with van der Waals surface area (Å²) in [5.41, 5.74) is 6.86. The van der Waals surface area contributed by atoms with Crippen LogP contribution in [0.4, 0.5) is 0 Å². The van der Waals surface area contributed by atoms with Crippen molar-refractivity contribution in [3.05, 3.63) is 29.6 Å². The first-order chi connectivity index (χ1) is 7.99. The normalized spacial score (nSPS) is 19.3. The van der Waals surface area contributed by atoms with Gasteiger partial charge in [-0.15, -0.1) is 0 Å². The van der Waals surface area contributed by atoms with Crippen LogP contribution in [0.3, 0.4) is 0 Å². The van der Waals surface area contributed by atoms with Crippen LogP contribution in [0.15, 0.2) is 18.3 Å². The fourth-order valence-corrected chi connectivity index (χ4v) is 3.40. The first-order valence-electron chi connectivity index (χ1n) is 5.21. The van der Waals surface area contributed by atoms with E-state index < -0.39 is 10.0 Å². The summed E-state index contributed by atoms with van der Waals surface area (Å²) >= 11 is 4.83. The lowest BCUT2D eigenvalue weighted by atomic mass is 10.2. The van der Waals surface area contributed by atoms with Gasteiger partial charge in [0.15, 0.2) is 0 Å². The average molecular weight is 271 g/mol. The minimum Gasteiger partial charge on any atom is -0.388 e. The average Bonchev–Trinajstić information content (AvgIpc) is 2.59. The molecule has 1 aromatic heterocycles. The van der Waals surface area contributed by atoms with Gasteiger partial charge >= 0.3 is 0 Å². The first-order valence-corrected chi connectivity index (χ1v) is 7.23. The van der Waals surface area contributed by atoms with Crippen molar-refractivity contribution in [2.75, 3.05) is 12.3 Å². The maximum atomic E-state index is 11.6. The summed E-state index contributed by atoms with van der Waals surface area (Å²) in [5, 5.41) is 0. The summed E-state index contributed by atoms with van der Waals surface area (Å²) in [6, 6.07) is 3.51. The molecule has 1 saturated heterocycles. The number of hydrogen-bond acceptors (Lipinski definition) is 4. The predicted octanol–water partition coefficient (Wildman–Crippen LogP) is 0.251. The lowest BCUT2D eigenvalue weighted by Gasteiger charge is -2.14. The van der Waals surface area contributed by atoms with Crippen LogP contribution in [-0.2, 0) is 16.6 Å². The first kappa shape index (κ1) is 12.4. The molecule has 1 fully saturated rings. The van der Waals surface area contributed by atoms with Gasteiger partial charge in [0.1, 0.15) is 4.99 Å². The molecule has 0 radical (unpaired) electrons. The molecule has 0 saturated carbocycles. The Kier molecular flexibility index (Phi) is 3.41. The Bertz CT molecular complexity index is 542. The van der Waals surface area contributed by atoms with Crippen LogP contribution in [0.1, 0.15) is 17.7 Å². The number of thiocarbonyl (C=S) groups is 1. The highest BCUT2D eigenvalue weighted by Gasteiger charge is 2.27. The number of pyridine rings is 1. The molecule has 2 heterocycles. The number of sulfonamides is 1. The molecule has 17 heavy (non-hydrogen) atoms. The Morgan fingerprint density at radius 3 is 2.94 bits per heavy atom. The van der Waals surface area contributed by atoms with Gasteiger partial charge in [0.2, 0.25) is 10.0 Å². The largest absolute Gasteiger partial charge is 0.388 e. The summed E-state index contributed by atoms with van der Waals surface area (Å²) in [6.07, 6.45) is 2.28. The van der Waals surface area contributed by atoms with E-state index in [1.54, 1.807) is 18.3 Å². The van der Waals surface area contributed by atoms with Crippen molar-refractivity contribution in [3.63, 3.8) is 0 Å². The quantitative estimate of drug-likeness (QED) is 0.798. The summed E-state index contributed by atoms with van der Waals surface area (Å²) in [4.78, 5) is 4.23. The molecule has 1 aliphatic rings. The second kappa shape index (κ2) is 4.67. The topological polar surface area (TPSA) is 76.3 Å². The lowest BCUT2D eigenvalue weighted by Crippen LogP contribution is -2.25. The van der Waals surface area contributed by atoms with E-state index in [0.717, 1.165) is 5.56 Å². The third kappa shape index (κ3) is 2.80. The highest BCUT2D eigenvalue weighted by atomic mass is 32.2. The Hall–Kier alpha value is -1.05. The summed E-state index contributed by atoms with van der Waals surface area (Å²) < 4.78 is 24.8. The zero-order chi connectivity index (χ0) is 12.5. The van der Waals surface area contributed by atoms with Gasteiger partial charge in [0.25, 0.3) is 0 Å². The molecule has 0 bridgehead atoms. The molecule has 5 nitrogen and oxygen atoms in total. The van der Waals surface area contributed by atoms with Crippen LogP contribution >= 0.6 is 12.2 Å². The van der Waals surface area contributed by atoms with Crippen molar-refractivity contribution in [2.24, 2.45) is 5.73 Å². The van der Waals surface area contributed by atoms with Gasteiger partial charge < -0.3 is 5.73 Å². The maximum absolute atomic E-state index is 11.6. The fraction of sp³-hybridized carbons (Fsp3) is 0.400. The van der Waals surface area contributed by atoms with Crippen LogP contribution in [0.2, 0.25) is 0 Å². The van der Waals surface area contributed by atoms with Gasteiger partial charge in [0, 0.05) is 19.3 Å². The van der Waals surface area contributed by atoms with Crippen molar-refractivity contribution >= 4 is 27.2 Å². The molecule has 1 aromatic rings. The molecule has 0 spiro atoms. The third-order valence-electron chi connectivity index (χ3n) is 2.64. The van der Waals surface area contributed by atoms with Crippen LogP contribution in [0.25, 0.3) is 0 Å². The van der Waals surface area contributed by atoms with Gasteiger partial charge in [-0.1, -0.05) is 12.2 Å². The van der Waals surface area contributed by atoms with Crippen LogP contribution in [-0.4, -0.2) is 35.0 Å². The molecule has 0 aliphatic carbocycles. The van der Waals surface area contributed by atoms with Crippen molar-refractivity contribution in [3.8, 4) is 0 Å². The minimum absolute atomic E-state index is 0.219. The molecule has 1 aliphatic heterocycles. The van der Waals surface area contributed by atoms with E-state index in [0.29, 0.717) is 25.2 Å². The van der Waals surface area contributed by atoms with Crippen molar-refractivity contribution in [1.29, 1.82) is 0 Å². The molecule has 0 unspecified atom stereocenters. The fourth-order valence-electron chi connectivity index (χ4n) is 1.78. The molecular formula is C10H13N3O2S2. The van der Waals surface area contributed by atoms with Gasteiger partial charge in [0.05, 0.1) is 11.4 Å². The van der Waals surface area contributed by atoms with E-state index in [1.807, 2.05) is 0 Å². The number of aromatic nitrogens is 1. The molecule has 2 rings (SSSR count). The molecular weight excluding hydrogens is 258 g/mol. The lowest BCUT2D eigenvalue weighted by molar-refractivity contribution is 0.439. The van der Waals surface area contributed by atoms with Gasteiger partial charge in [-0.25, -0.2) is 8.42 Å². The molecule has 0 amide bonds. The zero-order valence-corrected chi connectivity index (χ0v) is 10.8. The Labute approximate surface area is 106 Å².